The van der Waals surface area contributed by atoms with Crippen LogP contribution in [0.2, 0.25) is 0 Å². The molecule has 5 heteroatoms. The van der Waals surface area contributed by atoms with Crippen molar-refractivity contribution in [2.24, 2.45) is 0 Å². The molecule has 144 valence electrons. The van der Waals surface area contributed by atoms with Gasteiger partial charge in [-0.2, -0.15) is 0 Å². The fraction of sp³-hybridized carbons (Fsp3) is 0. The fourth-order valence-electron chi connectivity index (χ4n) is 3.43. The molecule has 0 bridgehead atoms. The molecule has 3 aromatic heterocycles. The van der Waals surface area contributed by atoms with Crippen LogP contribution in [0.4, 0.5) is 5.69 Å². The molecule has 2 aromatic carbocycles. The van der Waals surface area contributed by atoms with Crippen molar-refractivity contribution in [3.8, 4) is 22.4 Å². The second-order valence-electron chi connectivity index (χ2n) is 6.90. The number of aromatic nitrogens is 2. The standard InChI is InChI=1S/C25H17N3OS/c26-22-20-10-11-21(18-12-14-27-15-13-18)28-25(20)30-24(22)23(29)19-8-6-17(7-9-19)16-4-2-1-3-5-16/h1-15H,26H2. The van der Waals surface area contributed by atoms with Crippen molar-refractivity contribution in [2.45, 2.75) is 0 Å². The Morgan fingerprint density at radius 1 is 0.767 bits per heavy atom. The zero-order chi connectivity index (χ0) is 20.5. The lowest BCUT2D eigenvalue weighted by molar-refractivity contribution is 0.104. The van der Waals surface area contributed by atoms with Crippen LogP contribution in [0.1, 0.15) is 15.2 Å². The third kappa shape index (κ3) is 3.25. The highest BCUT2D eigenvalue weighted by molar-refractivity contribution is 7.21. The van der Waals surface area contributed by atoms with Gasteiger partial charge in [-0.15, -0.1) is 11.3 Å². The molecule has 0 amide bonds. The van der Waals surface area contributed by atoms with Gasteiger partial charge >= 0.3 is 0 Å². The highest BCUT2D eigenvalue weighted by atomic mass is 32.1. The second-order valence-corrected chi connectivity index (χ2v) is 7.90. The van der Waals surface area contributed by atoms with Crippen molar-refractivity contribution < 1.29 is 4.79 Å². The van der Waals surface area contributed by atoms with Crippen LogP contribution >= 0.6 is 11.3 Å². The summed E-state index contributed by atoms with van der Waals surface area (Å²) in [6.07, 6.45) is 3.47. The number of fused-ring (bicyclic) bond motifs is 1. The highest BCUT2D eigenvalue weighted by Gasteiger charge is 2.19. The van der Waals surface area contributed by atoms with Gasteiger partial charge in [0.05, 0.1) is 11.4 Å². The summed E-state index contributed by atoms with van der Waals surface area (Å²) < 4.78 is 0. The number of thiophene rings is 1. The number of pyridine rings is 2. The van der Waals surface area contributed by atoms with Crippen LogP contribution in [0.3, 0.4) is 0 Å². The fourth-order valence-corrected chi connectivity index (χ4v) is 4.48. The lowest BCUT2D eigenvalue weighted by Crippen LogP contribution is -2.01. The Morgan fingerprint density at radius 3 is 2.20 bits per heavy atom. The van der Waals surface area contributed by atoms with E-state index in [9.17, 15) is 4.79 Å². The third-order valence-corrected chi connectivity index (χ3v) is 6.14. The van der Waals surface area contributed by atoms with Crippen molar-refractivity contribution in [3.05, 3.63) is 102 Å². The Kier molecular flexibility index (Phi) is 4.58. The van der Waals surface area contributed by atoms with E-state index in [0.717, 1.165) is 32.6 Å². The smallest absolute Gasteiger partial charge is 0.205 e. The van der Waals surface area contributed by atoms with Gasteiger partial charge < -0.3 is 5.73 Å². The van der Waals surface area contributed by atoms with Crippen LogP contribution in [-0.4, -0.2) is 15.8 Å². The van der Waals surface area contributed by atoms with Gasteiger partial charge in [-0.05, 0) is 35.4 Å². The Balaban J connectivity index is 1.49. The first-order chi connectivity index (χ1) is 14.7. The number of anilines is 1. The van der Waals surface area contributed by atoms with E-state index in [1.54, 1.807) is 12.4 Å². The maximum Gasteiger partial charge on any atom is 0.205 e. The maximum absolute atomic E-state index is 13.1. The predicted octanol–water partition coefficient (Wildman–Crippen LogP) is 5.84. The van der Waals surface area contributed by atoms with Crippen molar-refractivity contribution in [1.82, 2.24) is 9.97 Å². The molecule has 0 spiro atoms. The highest BCUT2D eigenvalue weighted by Crippen LogP contribution is 2.35. The number of ketones is 1. The van der Waals surface area contributed by atoms with Gasteiger partial charge in [0.2, 0.25) is 5.78 Å². The average Bonchev–Trinajstić information content (AvgIpc) is 3.15. The lowest BCUT2D eigenvalue weighted by Gasteiger charge is -2.04. The molecule has 3 heterocycles. The molecule has 5 aromatic rings. The summed E-state index contributed by atoms with van der Waals surface area (Å²) >= 11 is 1.33. The van der Waals surface area contributed by atoms with Crippen LogP contribution < -0.4 is 5.73 Å². The molecule has 4 nitrogen and oxygen atoms in total. The Hall–Kier alpha value is -3.83. The number of carbonyl (C=O) groups is 1. The van der Waals surface area contributed by atoms with Crippen LogP contribution in [0, 0.1) is 0 Å². The molecule has 0 saturated carbocycles. The van der Waals surface area contributed by atoms with Gasteiger partial charge in [-0.1, -0.05) is 54.6 Å². The minimum Gasteiger partial charge on any atom is -0.397 e. The molecular formula is C25H17N3OS. The van der Waals surface area contributed by atoms with Gasteiger partial charge in [0.25, 0.3) is 0 Å². The molecule has 0 aliphatic rings. The van der Waals surface area contributed by atoms with Crippen molar-refractivity contribution in [3.63, 3.8) is 0 Å². The van der Waals surface area contributed by atoms with Crippen LogP contribution in [0.5, 0.6) is 0 Å². The number of nitrogens with zero attached hydrogens (tertiary/aromatic N) is 2. The number of nitrogen functional groups attached to an aromatic ring is 1. The second kappa shape index (κ2) is 7.54. The summed E-state index contributed by atoms with van der Waals surface area (Å²) in [4.78, 5) is 23.2. The van der Waals surface area contributed by atoms with Gasteiger partial charge in [0, 0.05) is 28.9 Å². The predicted molar refractivity (Wildman–Crippen MR) is 123 cm³/mol. The summed E-state index contributed by atoms with van der Waals surface area (Å²) in [7, 11) is 0. The molecule has 2 N–H and O–H groups in total. The third-order valence-electron chi connectivity index (χ3n) is 5.03. The molecule has 0 atom stereocenters. The van der Waals surface area contributed by atoms with E-state index in [1.807, 2.05) is 78.9 Å². The Morgan fingerprint density at radius 2 is 1.47 bits per heavy atom. The number of benzene rings is 2. The largest absolute Gasteiger partial charge is 0.397 e. The first-order valence-corrected chi connectivity index (χ1v) is 10.3. The van der Waals surface area contributed by atoms with Crippen molar-refractivity contribution >= 4 is 33.0 Å². The van der Waals surface area contributed by atoms with Gasteiger partial charge in [0.1, 0.15) is 9.71 Å². The number of rotatable bonds is 4. The van der Waals surface area contributed by atoms with E-state index in [1.165, 1.54) is 11.3 Å². The summed E-state index contributed by atoms with van der Waals surface area (Å²) in [5.41, 5.74) is 11.4. The minimum absolute atomic E-state index is 0.0828. The summed E-state index contributed by atoms with van der Waals surface area (Å²) in [5, 5.41) is 0.807. The van der Waals surface area contributed by atoms with Crippen LogP contribution in [0.25, 0.3) is 32.6 Å². The number of hydrogen-bond donors (Lipinski definition) is 1. The van der Waals surface area contributed by atoms with E-state index >= 15 is 0 Å². The molecular weight excluding hydrogens is 390 g/mol. The van der Waals surface area contributed by atoms with Crippen LogP contribution in [-0.2, 0) is 0 Å². The van der Waals surface area contributed by atoms with Crippen LogP contribution in [0.15, 0.2) is 91.3 Å². The zero-order valence-corrected chi connectivity index (χ0v) is 16.8. The average molecular weight is 407 g/mol. The summed E-state index contributed by atoms with van der Waals surface area (Å²) in [6.45, 7) is 0. The number of nitrogens with two attached hydrogens (primary N) is 1. The zero-order valence-electron chi connectivity index (χ0n) is 15.9. The maximum atomic E-state index is 13.1. The quantitative estimate of drug-likeness (QED) is 0.380. The molecule has 0 saturated heterocycles. The topological polar surface area (TPSA) is 68.9 Å². The number of hydrogen-bond acceptors (Lipinski definition) is 5. The monoisotopic (exact) mass is 407 g/mol. The lowest BCUT2D eigenvalue weighted by atomic mass is 10.0. The summed E-state index contributed by atoms with van der Waals surface area (Å²) in [5.74, 6) is -0.0828. The van der Waals surface area contributed by atoms with Gasteiger partial charge in [-0.25, -0.2) is 4.98 Å². The molecule has 30 heavy (non-hydrogen) atoms. The Bertz CT molecular complexity index is 1340. The SMILES string of the molecule is Nc1c(C(=O)c2ccc(-c3ccccc3)cc2)sc2nc(-c3ccncc3)ccc12. The Labute approximate surface area is 177 Å². The molecule has 5 rings (SSSR count). The molecule has 0 unspecified atom stereocenters. The van der Waals surface area contributed by atoms with Crippen molar-refractivity contribution in [1.29, 1.82) is 0 Å². The van der Waals surface area contributed by atoms with E-state index in [2.05, 4.69) is 4.98 Å². The molecule has 0 fully saturated rings. The van der Waals surface area contributed by atoms with E-state index < -0.39 is 0 Å². The first-order valence-electron chi connectivity index (χ1n) is 9.50. The molecule has 0 aliphatic carbocycles. The first kappa shape index (κ1) is 18.2. The number of carbonyl (C=O) groups excluding carboxylic acids is 1. The van der Waals surface area contributed by atoms with E-state index in [-0.39, 0.29) is 5.78 Å². The summed E-state index contributed by atoms with van der Waals surface area (Å²) in [6, 6.07) is 25.4. The van der Waals surface area contributed by atoms with Gasteiger partial charge in [-0.3, -0.25) is 9.78 Å². The molecule has 0 radical (unpaired) electrons. The van der Waals surface area contributed by atoms with E-state index in [4.69, 9.17) is 10.7 Å². The van der Waals surface area contributed by atoms with Gasteiger partial charge in [0.15, 0.2) is 0 Å². The molecule has 0 aliphatic heterocycles. The normalized spacial score (nSPS) is 10.9. The minimum atomic E-state index is -0.0828. The van der Waals surface area contributed by atoms with Crippen molar-refractivity contribution in [2.75, 3.05) is 5.73 Å². The van der Waals surface area contributed by atoms with E-state index in [0.29, 0.717) is 16.1 Å².